The molecule has 5 heteroatoms. The summed E-state index contributed by atoms with van der Waals surface area (Å²) < 4.78 is 13.8. The summed E-state index contributed by atoms with van der Waals surface area (Å²) >= 11 is 3.17. The van der Waals surface area contributed by atoms with E-state index in [-0.39, 0.29) is 17.8 Å². The number of nitrogens with zero attached hydrogens (tertiary/aromatic N) is 1. The minimum atomic E-state index is -0.275. The highest BCUT2D eigenvalue weighted by Gasteiger charge is 2.28. The Morgan fingerprint density at radius 1 is 1.41 bits per heavy atom. The third-order valence-corrected chi connectivity index (χ3v) is 4.07. The Labute approximate surface area is 107 Å². The highest BCUT2D eigenvalue weighted by atomic mass is 79.9. The topological polar surface area (TPSA) is 54.7 Å². The normalized spacial score (nSPS) is 24.6. The lowest BCUT2D eigenvalue weighted by Crippen LogP contribution is -2.23. The van der Waals surface area contributed by atoms with Crippen molar-refractivity contribution in [1.82, 2.24) is 9.97 Å². The fourth-order valence-corrected chi connectivity index (χ4v) is 2.86. The van der Waals surface area contributed by atoms with Crippen LogP contribution in [-0.2, 0) is 0 Å². The van der Waals surface area contributed by atoms with Crippen molar-refractivity contribution in [3.63, 3.8) is 0 Å². The second-order valence-corrected chi connectivity index (χ2v) is 5.46. The van der Waals surface area contributed by atoms with E-state index in [1.54, 1.807) is 6.07 Å². The number of aromatic amines is 1. The standard InChI is InChI=1S/C12H13BrFN3/c13-7-4-10-11(5-8(7)14)17-12(16-10)6-2-1-3-9(6)15/h4-6,9H,1-3,15H2,(H,16,17). The number of benzene rings is 1. The summed E-state index contributed by atoms with van der Waals surface area (Å²) in [7, 11) is 0. The number of aromatic nitrogens is 2. The molecule has 0 saturated heterocycles. The fourth-order valence-electron chi connectivity index (χ4n) is 2.53. The molecule has 90 valence electrons. The van der Waals surface area contributed by atoms with Crippen LogP contribution in [0, 0.1) is 5.82 Å². The Hall–Kier alpha value is -0.940. The first kappa shape index (κ1) is 11.2. The Balaban J connectivity index is 2.07. The van der Waals surface area contributed by atoms with Gasteiger partial charge < -0.3 is 10.7 Å². The quantitative estimate of drug-likeness (QED) is 0.850. The van der Waals surface area contributed by atoms with Gasteiger partial charge in [0.1, 0.15) is 11.6 Å². The van der Waals surface area contributed by atoms with Gasteiger partial charge in [-0.1, -0.05) is 6.42 Å². The van der Waals surface area contributed by atoms with Gasteiger partial charge >= 0.3 is 0 Å². The van der Waals surface area contributed by atoms with E-state index in [1.165, 1.54) is 6.07 Å². The Bertz CT molecular complexity index is 527. The SMILES string of the molecule is NC1CCCC1c1nc2cc(Br)c(F)cc2[nH]1. The molecule has 1 aliphatic carbocycles. The molecule has 0 bridgehead atoms. The number of fused-ring (bicyclic) bond motifs is 1. The lowest BCUT2D eigenvalue weighted by atomic mass is 10.0. The highest BCUT2D eigenvalue weighted by Crippen LogP contribution is 2.33. The van der Waals surface area contributed by atoms with Crippen LogP contribution in [0.1, 0.15) is 31.0 Å². The smallest absolute Gasteiger partial charge is 0.139 e. The Kier molecular flexibility index (Phi) is 2.67. The van der Waals surface area contributed by atoms with Crippen molar-refractivity contribution in [2.75, 3.05) is 0 Å². The van der Waals surface area contributed by atoms with E-state index < -0.39 is 0 Å². The Morgan fingerprint density at radius 3 is 2.94 bits per heavy atom. The largest absolute Gasteiger partial charge is 0.342 e. The maximum atomic E-state index is 13.4. The third kappa shape index (κ3) is 1.87. The van der Waals surface area contributed by atoms with Crippen LogP contribution in [0.15, 0.2) is 16.6 Å². The molecule has 2 aromatic rings. The molecule has 1 fully saturated rings. The van der Waals surface area contributed by atoms with Crippen LogP contribution in [-0.4, -0.2) is 16.0 Å². The molecule has 0 aliphatic heterocycles. The average molecular weight is 298 g/mol. The van der Waals surface area contributed by atoms with Crippen LogP contribution in [0.3, 0.4) is 0 Å². The van der Waals surface area contributed by atoms with Gasteiger partial charge in [-0.25, -0.2) is 9.37 Å². The second kappa shape index (κ2) is 4.07. The summed E-state index contributed by atoms with van der Waals surface area (Å²) in [6.45, 7) is 0. The zero-order valence-electron chi connectivity index (χ0n) is 9.21. The van der Waals surface area contributed by atoms with Gasteiger partial charge in [-0.15, -0.1) is 0 Å². The van der Waals surface area contributed by atoms with Crippen molar-refractivity contribution in [3.8, 4) is 0 Å². The molecule has 3 nitrogen and oxygen atoms in total. The summed E-state index contributed by atoms with van der Waals surface area (Å²) in [4.78, 5) is 7.70. The molecule has 0 amide bonds. The first-order chi connectivity index (χ1) is 8.15. The molecular formula is C12H13BrFN3. The zero-order chi connectivity index (χ0) is 12.0. The third-order valence-electron chi connectivity index (χ3n) is 3.46. The number of nitrogens with one attached hydrogen (secondary N) is 1. The highest BCUT2D eigenvalue weighted by molar-refractivity contribution is 9.10. The van der Waals surface area contributed by atoms with Gasteiger partial charge in [-0.3, -0.25) is 0 Å². The number of imidazole rings is 1. The van der Waals surface area contributed by atoms with Crippen molar-refractivity contribution >= 4 is 27.0 Å². The molecule has 1 aliphatic rings. The van der Waals surface area contributed by atoms with E-state index in [9.17, 15) is 4.39 Å². The first-order valence-corrected chi connectivity index (χ1v) is 6.54. The second-order valence-electron chi connectivity index (χ2n) is 4.61. The molecule has 1 aromatic heterocycles. The van der Waals surface area contributed by atoms with Crippen molar-refractivity contribution in [1.29, 1.82) is 0 Å². The lowest BCUT2D eigenvalue weighted by molar-refractivity contribution is 0.588. The van der Waals surface area contributed by atoms with Crippen molar-refractivity contribution in [3.05, 3.63) is 28.2 Å². The first-order valence-electron chi connectivity index (χ1n) is 5.75. The predicted molar refractivity (Wildman–Crippen MR) is 68.3 cm³/mol. The molecule has 1 saturated carbocycles. The van der Waals surface area contributed by atoms with Crippen molar-refractivity contribution < 1.29 is 4.39 Å². The van der Waals surface area contributed by atoms with Crippen LogP contribution >= 0.6 is 15.9 Å². The molecule has 0 radical (unpaired) electrons. The molecule has 1 aromatic carbocycles. The van der Waals surface area contributed by atoms with E-state index in [2.05, 4.69) is 25.9 Å². The molecule has 3 N–H and O–H groups in total. The summed E-state index contributed by atoms with van der Waals surface area (Å²) in [5.41, 5.74) is 7.57. The monoisotopic (exact) mass is 297 g/mol. The van der Waals surface area contributed by atoms with Gasteiger partial charge in [-0.2, -0.15) is 0 Å². The van der Waals surface area contributed by atoms with E-state index >= 15 is 0 Å². The van der Waals surface area contributed by atoms with E-state index in [0.29, 0.717) is 4.47 Å². The minimum absolute atomic E-state index is 0.170. The number of hydrogen-bond donors (Lipinski definition) is 2. The average Bonchev–Trinajstić information content (AvgIpc) is 2.85. The Morgan fingerprint density at radius 2 is 2.24 bits per heavy atom. The summed E-state index contributed by atoms with van der Waals surface area (Å²) in [5.74, 6) is 0.898. The van der Waals surface area contributed by atoms with Gasteiger partial charge in [0.2, 0.25) is 0 Å². The van der Waals surface area contributed by atoms with Gasteiger partial charge in [0.25, 0.3) is 0 Å². The molecule has 2 atom stereocenters. The van der Waals surface area contributed by atoms with Gasteiger partial charge in [-0.05, 0) is 34.8 Å². The maximum Gasteiger partial charge on any atom is 0.139 e. The summed E-state index contributed by atoms with van der Waals surface area (Å²) in [6, 6.07) is 3.34. The van der Waals surface area contributed by atoms with Crippen LogP contribution in [0.2, 0.25) is 0 Å². The molecule has 1 heterocycles. The number of rotatable bonds is 1. The lowest BCUT2D eigenvalue weighted by Gasteiger charge is -2.11. The van der Waals surface area contributed by atoms with Crippen LogP contribution in [0.4, 0.5) is 4.39 Å². The van der Waals surface area contributed by atoms with Crippen LogP contribution in [0.5, 0.6) is 0 Å². The van der Waals surface area contributed by atoms with Gasteiger partial charge in [0, 0.05) is 18.0 Å². The molecule has 2 unspecified atom stereocenters. The van der Waals surface area contributed by atoms with Gasteiger partial charge in [0.15, 0.2) is 0 Å². The van der Waals surface area contributed by atoms with Crippen molar-refractivity contribution in [2.45, 2.75) is 31.2 Å². The van der Waals surface area contributed by atoms with Gasteiger partial charge in [0.05, 0.1) is 15.5 Å². The molecule has 0 spiro atoms. The zero-order valence-corrected chi connectivity index (χ0v) is 10.8. The van der Waals surface area contributed by atoms with Crippen molar-refractivity contribution in [2.24, 2.45) is 5.73 Å². The minimum Gasteiger partial charge on any atom is -0.342 e. The molecular weight excluding hydrogens is 285 g/mol. The van der Waals surface area contributed by atoms with E-state index in [1.807, 2.05) is 0 Å². The molecule has 3 rings (SSSR count). The number of nitrogens with two attached hydrogens (primary N) is 1. The number of halogens is 2. The van der Waals surface area contributed by atoms with E-state index in [4.69, 9.17) is 5.73 Å². The van der Waals surface area contributed by atoms with Crippen LogP contribution in [0.25, 0.3) is 11.0 Å². The summed E-state index contributed by atoms with van der Waals surface area (Å²) in [6.07, 6.45) is 3.24. The van der Waals surface area contributed by atoms with E-state index in [0.717, 1.165) is 36.1 Å². The maximum absolute atomic E-state index is 13.4. The molecule has 17 heavy (non-hydrogen) atoms. The fraction of sp³-hybridized carbons (Fsp3) is 0.417. The number of hydrogen-bond acceptors (Lipinski definition) is 2. The van der Waals surface area contributed by atoms with Crippen LogP contribution < -0.4 is 5.73 Å². The predicted octanol–water partition coefficient (Wildman–Crippen LogP) is 3.06. The number of H-pyrrole nitrogens is 1. The summed E-state index contributed by atoms with van der Waals surface area (Å²) in [5, 5.41) is 0.